The molecular formula is C24H25ClN2O3S. The van der Waals surface area contributed by atoms with Crippen molar-refractivity contribution in [1.82, 2.24) is 5.32 Å². The molecule has 5 nitrogen and oxygen atoms in total. The first-order chi connectivity index (χ1) is 14.8. The van der Waals surface area contributed by atoms with E-state index in [2.05, 4.69) is 12.2 Å². The molecule has 0 bridgehead atoms. The second-order valence-corrected chi connectivity index (χ2v) is 9.48. The van der Waals surface area contributed by atoms with Gasteiger partial charge in [0.2, 0.25) is 5.91 Å². The second-order valence-electron chi connectivity index (χ2n) is 7.19. The van der Waals surface area contributed by atoms with E-state index in [1.165, 1.54) is 17.7 Å². The maximum absolute atomic E-state index is 13.3. The molecule has 0 saturated heterocycles. The summed E-state index contributed by atoms with van der Waals surface area (Å²) in [5.41, 5.74) is 2.53. The highest BCUT2D eigenvalue weighted by molar-refractivity contribution is 7.92. The van der Waals surface area contributed by atoms with E-state index in [1.54, 1.807) is 42.5 Å². The number of halogens is 1. The van der Waals surface area contributed by atoms with Gasteiger partial charge >= 0.3 is 0 Å². The Morgan fingerprint density at radius 1 is 0.968 bits per heavy atom. The summed E-state index contributed by atoms with van der Waals surface area (Å²) in [7, 11) is -3.94. The average molecular weight is 457 g/mol. The van der Waals surface area contributed by atoms with E-state index in [0.29, 0.717) is 10.7 Å². The molecule has 3 rings (SSSR count). The highest BCUT2D eigenvalue weighted by Gasteiger charge is 2.27. The first-order valence-electron chi connectivity index (χ1n) is 10.0. The third-order valence-corrected chi connectivity index (χ3v) is 7.04. The minimum atomic E-state index is -3.94. The van der Waals surface area contributed by atoms with Crippen molar-refractivity contribution in [3.63, 3.8) is 0 Å². The molecule has 1 amide bonds. The first kappa shape index (κ1) is 22.8. The molecule has 0 aliphatic carbocycles. The van der Waals surface area contributed by atoms with E-state index >= 15 is 0 Å². The monoisotopic (exact) mass is 456 g/mol. The van der Waals surface area contributed by atoms with Crippen LogP contribution in [-0.4, -0.2) is 20.9 Å². The third-order valence-electron chi connectivity index (χ3n) is 5.00. The Morgan fingerprint density at radius 2 is 1.58 bits per heavy atom. The van der Waals surface area contributed by atoms with Gasteiger partial charge in [0, 0.05) is 5.02 Å². The van der Waals surface area contributed by atoms with Crippen molar-refractivity contribution in [3.05, 3.63) is 95.0 Å². The Bertz CT molecular complexity index is 1120. The van der Waals surface area contributed by atoms with E-state index in [-0.39, 0.29) is 17.5 Å². The Hall–Kier alpha value is -2.83. The highest BCUT2D eigenvalue weighted by atomic mass is 35.5. The number of carbonyl (C=O) groups excluding carboxylic acids is 1. The van der Waals surface area contributed by atoms with Gasteiger partial charge in [-0.15, -0.1) is 0 Å². The van der Waals surface area contributed by atoms with Crippen LogP contribution in [0.2, 0.25) is 5.02 Å². The molecule has 0 spiro atoms. The molecule has 162 valence electrons. The lowest BCUT2D eigenvalue weighted by atomic mass is 10.1. The van der Waals surface area contributed by atoms with Crippen molar-refractivity contribution in [1.29, 1.82) is 0 Å². The number of hydrogen-bond acceptors (Lipinski definition) is 3. The Kier molecular flexibility index (Phi) is 7.36. The summed E-state index contributed by atoms with van der Waals surface area (Å²) in [5, 5.41) is 3.38. The molecule has 0 aromatic heterocycles. The lowest BCUT2D eigenvalue weighted by Crippen LogP contribution is -2.41. The molecule has 0 heterocycles. The van der Waals surface area contributed by atoms with Crippen molar-refractivity contribution in [2.45, 2.75) is 31.2 Å². The van der Waals surface area contributed by atoms with Crippen molar-refractivity contribution in [3.8, 4) is 0 Å². The summed E-state index contributed by atoms with van der Waals surface area (Å²) in [5.74, 6) is -0.401. The predicted molar refractivity (Wildman–Crippen MR) is 125 cm³/mol. The number of benzene rings is 3. The van der Waals surface area contributed by atoms with Crippen LogP contribution < -0.4 is 9.62 Å². The fraction of sp³-hybridized carbons (Fsp3) is 0.208. The molecule has 0 aliphatic rings. The number of anilines is 1. The van der Waals surface area contributed by atoms with Crippen molar-refractivity contribution in [2.75, 3.05) is 10.8 Å². The molecule has 7 heteroatoms. The summed E-state index contributed by atoms with van der Waals surface area (Å²) >= 11 is 5.96. The van der Waals surface area contributed by atoms with E-state index in [1.807, 2.05) is 31.2 Å². The lowest BCUT2D eigenvalue weighted by Gasteiger charge is -2.25. The third kappa shape index (κ3) is 5.66. The maximum atomic E-state index is 13.3. The Balaban J connectivity index is 1.84. The molecule has 0 unspecified atom stereocenters. The van der Waals surface area contributed by atoms with Crippen LogP contribution in [0.15, 0.2) is 83.8 Å². The number of hydrogen-bond donors (Lipinski definition) is 1. The lowest BCUT2D eigenvalue weighted by molar-refractivity contribution is -0.120. The van der Waals surface area contributed by atoms with E-state index < -0.39 is 15.9 Å². The van der Waals surface area contributed by atoms with Crippen LogP contribution in [0.3, 0.4) is 0 Å². The molecule has 1 N–H and O–H groups in total. The molecule has 3 aromatic carbocycles. The molecular weight excluding hydrogens is 432 g/mol. The maximum Gasteiger partial charge on any atom is 0.264 e. The van der Waals surface area contributed by atoms with Crippen LogP contribution in [0.4, 0.5) is 5.69 Å². The van der Waals surface area contributed by atoms with Crippen LogP contribution in [-0.2, 0) is 21.2 Å². The van der Waals surface area contributed by atoms with Crippen molar-refractivity contribution < 1.29 is 13.2 Å². The van der Waals surface area contributed by atoms with Gasteiger partial charge in [-0.25, -0.2) is 8.42 Å². The predicted octanol–water partition coefficient (Wildman–Crippen LogP) is 4.98. The van der Waals surface area contributed by atoms with Gasteiger partial charge in [-0.05, 0) is 60.9 Å². The number of sulfonamides is 1. The smallest absolute Gasteiger partial charge is 0.264 e. The first-order valence-corrected chi connectivity index (χ1v) is 11.8. The van der Waals surface area contributed by atoms with Gasteiger partial charge in [0.25, 0.3) is 10.0 Å². The van der Waals surface area contributed by atoms with Crippen LogP contribution in [0.1, 0.15) is 31.0 Å². The van der Waals surface area contributed by atoms with Gasteiger partial charge in [0.05, 0.1) is 16.6 Å². The van der Waals surface area contributed by atoms with Gasteiger partial charge in [-0.1, -0.05) is 61.0 Å². The number of aryl methyl sites for hydroxylation is 1. The van der Waals surface area contributed by atoms with Crippen LogP contribution in [0.25, 0.3) is 0 Å². The minimum Gasteiger partial charge on any atom is -0.348 e. The quantitative estimate of drug-likeness (QED) is 0.520. The summed E-state index contributed by atoms with van der Waals surface area (Å²) in [4.78, 5) is 12.9. The summed E-state index contributed by atoms with van der Waals surface area (Å²) in [6.07, 6.45) is 0.939. The zero-order chi connectivity index (χ0) is 22.4. The van der Waals surface area contributed by atoms with E-state index in [0.717, 1.165) is 16.3 Å². The van der Waals surface area contributed by atoms with Gasteiger partial charge in [-0.3, -0.25) is 9.10 Å². The van der Waals surface area contributed by atoms with Crippen molar-refractivity contribution in [2.24, 2.45) is 0 Å². The average Bonchev–Trinajstić information content (AvgIpc) is 2.78. The minimum absolute atomic E-state index is 0.112. The zero-order valence-electron chi connectivity index (χ0n) is 17.5. The molecule has 0 fully saturated rings. The number of nitrogens with zero attached hydrogens (tertiary/aromatic N) is 1. The topological polar surface area (TPSA) is 66.5 Å². The largest absolute Gasteiger partial charge is 0.348 e. The molecule has 1 atom stereocenters. The fourth-order valence-corrected chi connectivity index (χ4v) is 4.75. The number of carbonyl (C=O) groups is 1. The Morgan fingerprint density at radius 3 is 2.16 bits per heavy atom. The van der Waals surface area contributed by atoms with Gasteiger partial charge in [0.1, 0.15) is 6.54 Å². The van der Waals surface area contributed by atoms with Crippen LogP contribution >= 0.6 is 11.6 Å². The molecule has 0 aliphatic heterocycles. The number of amides is 1. The Labute approximate surface area is 188 Å². The normalized spacial score (nSPS) is 12.2. The summed E-state index contributed by atoms with van der Waals surface area (Å²) in [6, 6.07) is 22.2. The highest BCUT2D eigenvalue weighted by Crippen LogP contribution is 2.25. The van der Waals surface area contributed by atoms with Crippen LogP contribution in [0.5, 0.6) is 0 Å². The van der Waals surface area contributed by atoms with Gasteiger partial charge in [-0.2, -0.15) is 0 Å². The van der Waals surface area contributed by atoms with Gasteiger partial charge in [0.15, 0.2) is 0 Å². The summed E-state index contributed by atoms with van der Waals surface area (Å²) in [6.45, 7) is 3.60. The van der Waals surface area contributed by atoms with Crippen LogP contribution in [0, 0.1) is 0 Å². The number of rotatable bonds is 8. The SMILES string of the molecule is CCc1ccc([C@@H](C)NC(=O)CN(c2ccc(Cl)cc2)S(=O)(=O)c2ccccc2)cc1. The molecule has 0 radical (unpaired) electrons. The van der Waals surface area contributed by atoms with Gasteiger partial charge < -0.3 is 5.32 Å². The van der Waals surface area contributed by atoms with Crippen molar-refractivity contribution >= 4 is 33.2 Å². The zero-order valence-corrected chi connectivity index (χ0v) is 19.0. The molecule has 0 saturated carbocycles. The van der Waals surface area contributed by atoms with E-state index in [4.69, 9.17) is 11.6 Å². The molecule has 31 heavy (non-hydrogen) atoms. The fourth-order valence-electron chi connectivity index (χ4n) is 3.19. The van der Waals surface area contributed by atoms with E-state index in [9.17, 15) is 13.2 Å². The second kappa shape index (κ2) is 9.98. The molecule has 3 aromatic rings. The number of nitrogens with one attached hydrogen (secondary N) is 1. The standard InChI is InChI=1S/C24H25ClN2O3S/c1-3-19-9-11-20(12-10-19)18(2)26-24(28)17-27(22-15-13-21(25)14-16-22)31(29,30)23-7-5-4-6-8-23/h4-16,18H,3,17H2,1-2H3,(H,26,28)/t18-/m1/s1. The summed E-state index contributed by atoms with van der Waals surface area (Å²) < 4.78 is 27.7.